The van der Waals surface area contributed by atoms with Gasteiger partial charge in [0, 0.05) is 27.5 Å². The van der Waals surface area contributed by atoms with Crippen LogP contribution in [0.2, 0.25) is 5.02 Å². The number of allylic oxidation sites excluding steroid dienone is 2. The average molecular weight is 693 g/mol. The number of amides is 4. The van der Waals surface area contributed by atoms with E-state index in [9.17, 15) is 23.9 Å². The number of nitrogens with zero attached hydrogens (tertiary/aromatic N) is 2. The number of nitrogens with one attached hydrogen (secondary N) is 1. The minimum atomic E-state index is -1.56. The number of likely N-dealkylation sites (tertiary alicyclic amines) is 1. The average Bonchev–Trinajstić information content (AvgIpc) is 3.40. The monoisotopic (exact) mass is 691 g/mol. The molecule has 4 aliphatic rings. The van der Waals surface area contributed by atoms with Gasteiger partial charge in [-0.05, 0) is 85.8 Å². The zero-order chi connectivity index (χ0) is 31.8. The van der Waals surface area contributed by atoms with Crippen molar-refractivity contribution < 1.29 is 28.7 Å². The van der Waals surface area contributed by atoms with E-state index in [1.807, 2.05) is 6.08 Å². The van der Waals surface area contributed by atoms with Crippen LogP contribution in [0.3, 0.4) is 0 Å². The van der Waals surface area contributed by atoms with Gasteiger partial charge in [0.2, 0.25) is 11.8 Å². The van der Waals surface area contributed by atoms with Crippen LogP contribution in [0.1, 0.15) is 36.8 Å². The Morgan fingerprint density at radius 3 is 2.38 bits per heavy atom. The predicted molar refractivity (Wildman–Crippen MR) is 167 cm³/mol. The number of phenols is 1. The van der Waals surface area contributed by atoms with E-state index in [2.05, 4.69) is 21.4 Å². The SMILES string of the molecule is CCN1C(=O)[C@H]2[C@H](CC=C3[C@H]2C[C@H]2C(=O)N(Nc4ccc(F)cc4)C(=O)[C@@]2(c2ccc(Cl)cc2)[C@H]3c2cc(Br)ccc2O)C1=O. The van der Waals surface area contributed by atoms with Crippen LogP contribution in [-0.4, -0.2) is 45.2 Å². The van der Waals surface area contributed by atoms with Gasteiger partial charge in [-0.1, -0.05) is 51.3 Å². The molecule has 4 amide bonds. The molecule has 2 heterocycles. The first-order chi connectivity index (χ1) is 21.6. The molecule has 45 heavy (non-hydrogen) atoms. The third kappa shape index (κ3) is 4.29. The summed E-state index contributed by atoms with van der Waals surface area (Å²) in [6, 6.07) is 17.0. The van der Waals surface area contributed by atoms with Gasteiger partial charge in [-0.2, -0.15) is 5.01 Å². The number of aromatic hydroxyl groups is 1. The summed E-state index contributed by atoms with van der Waals surface area (Å²) < 4.78 is 14.4. The van der Waals surface area contributed by atoms with Crippen molar-refractivity contribution in [2.45, 2.75) is 31.1 Å². The number of phenolic OH excluding ortho intramolecular Hbond substituents is 1. The van der Waals surface area contributed by atoms with E-state index in [-0.39, 0.29) is 30.5 Å². The van der Waals surface area contributed by atoms with Crippen LogP contribution >= 0.6 is 27.5 Å². The Morgan fingerprint density at radius 2 is 1.69 bits per heavy atom. The second kappa shape index (κ2) is 10.8. The Kier molecular flexibility index (Phi) is 7.13. The summed E-state index contributed by atoms with van der Waals surface area (Å²) in [5.74, 6) is -5.79. The molecular weight excluding hydrogens is 665 g/mol. The molecule has 0 bridgehead atoms. The van der Waals surface area contributed by atoms with Gasteiger partial charge >= 0.3 is 0 Å². The van der Waals surface area contributed by atoms with Crippen LogP contribution in [0.5, 0.6) is 5.75 Å². The molecule has 1 saturated carbocycles. The predicted octanol–water partition coefficient (Wildman–Crippen LogP) is 5.95. The van der Waals surface area contributed by atoms with Crippen LogP contribution in [0.15, 0.2) is 82.9 Å². The van der Waals surface area contributed by atoms with Gasteiger partial charge in [0.05, 0.1) is 28.9 Å². The Morgan fingerprint density at radius 1 is 0.978 bits per heavy atom. The Bertz CT molecular complexity index is 1800. The van der Waals surface area contributed by atoms with E-state index in [1.54, 1.807) is 43.3 Å². The lowest BCUT2D eigenvalue weighted by atomic mass is 9.49. The van der Waals surface area contributed by atoms with Gasteiger partial charge in [0.15, 0.2) is 0 Å². The van der Waals surface area contributed by atoms with Crippen LogP contribution in [0.25, 0.3) is 0 Å². The number of benzene rings is 3. The first-order valence-corrected chi connectivity index (χ1v) is 15.9. The Labute approximate surface area is 271 Å². The molecule has 2 N–H and O–H groups in total. The summed E-state index contributed by atoms with van der Waals surface area (Å²) in [4.78, 5) is 57.9. The van der Waals surface area contributed by atoms with Crippen LogP contribution in [0, 0.1) is 29.5 Å². The molecule has 2 aliphatic heterocycles. The molecule has 2 aliphatic carbocycles. The van der Waals surface area contributed by atoms with E-state index >= 15 is 4.79 Å². The lowest BCUT2D eigenvalue weighted by Crippen LogP contribution is -2.53. The lowest BCUT2D eigenvalue weighted by Gasteiger charge is -2.50. The van der Waals surface area contributed by atoms with Gasteiger partial charge < -0.3 is 5.11 Å². The van der Waals surface area contributed by atoms with Gasteiger partial charge in [-0.15, -0.1) is 0 Å². The highest BCUT2D eigenvalue weighted by atomic mass is 79.9. The molecule has 0 radical (unpaired) electrons. The van der Waals surface area contributed by atoms with Crippen molar-refractivity contribution in [3.63, 3.8) is 0 Å². The summed E-state index contributed by atoms with van der Waals surface area (Å²) in [6.07, 6.45) is 2.36. The fourth-order valence-corrected chi connectivity index (χ4v) is 8.64. The molecule has 6 atom stereocenters. The molecule has 3 aromatic carbocycles. The molecule has 0 spiro atoms. The van der Waals surface area contributed by atoms with E-state index in [0.29, 0.717) is 32.7 Å². The lowest BCUT2D eigenvalue weighted by molar-refractivity contribution is -0.141. The maximum absolute atomic E-state index is 15.0. The van der Waals surface area contributed by atoms with Crippen LogP contribution in [-0.2, 0) is 24.6 Å². The molecule has 0 aromatic heterocycles. The van der Waals surface area contributed by atoms with Crippen molar-refractivity contribution in [2.24, 2.45) is 23.7 Å². The van der Waals surface area contributed by atoms with Crippen molar-refractivity contribution in [1.29, 1.82) is 0 Å². The largest absolute Gasteiger partial charge is 0.508 e. The molecule has 11 heteroatoms. The zero-order valence-electron chi connectivity index (χ0n) is 24.0. The highest BCUT2D eigenvalue weighted by Crippen LogP contribution is 2.65. The maximum Gasteiger partial charge on any atom is 0.260 e. The number of hydrazine groups is 1. The minimum absolute atomic E-state index is 0.0758. The van der Waals surface area contributed by atoms with Crippen LogP contribution in [0.4, 0.5) is 10.1 Å². The molecule has 230 valence electrons. The van der Waals surface area contributed by atoms with Crippen molar-refractivity contribution >= 4 is 56.8 Å². The van der Waals surface area contributed by atoms with Gasteiger partial charge in [-0.25, -0.2) is 4.39 Å². The number of anilines is 1. The fraction of sp³-hybridized carbons (Fsp3) is 0.294. The van der Waals surface area contributed by atoms with Crippen molar-refractivity contribution in [3.05, 3.63) is 105 Å². The third-order valence-electron chi connectivity index (χ3n) is 9.96. The van der Waals surface area contributed by atoms with Crippen molar-refractivity contribution in [1.82, 2.24) is 9.91 Å². The van der Waals surface area contributed by atoms with Crippen LogP contribution < -0.4 is 5.43 Å². The number of carbonyl (C=O) groups excluding carboxylic acids is 4. The van der Waals surface area contributed by atoms with Gasteiger partial charge in [-0.3, -0.25) is 29.5 Å². The first-order valence-electron chi connectivity index (χ1n) is 14.8. The number of hydrogen-bond acceptors (Lipinski definition) is 6. The first kappa shape index (κ1) is 29.7. The number of imide groups is 2. The molecule has 0 unspecified atom stereocenters. The summed E-state index contributed by atoms with van der Waals surface area (Å²) >= 11 is 9.81. The fourth-order valence-electron chi connectivity index (χ4n) is 8.13. The van der Waals surface area contributed by atoms with Gasteiger partial charge in [0.25, 0.3) is 11.8 Å². The van der Waals surface area contributed by atoms with E-state index in [1.165, 1.54) is 35.2 Å². The summed E-state index contributed by atoms with van der Waals surface area (Å²) in [5, 5.41) is 12.8. The highest BCUT2D eigenvalue weighted by Gasteiger charge is 2.70. The molecule has 3 aromatic rings. The quantitative estimate of drug-likeness (QED) is 0.253. The van der Waals surface area contributed by atoms with E-state index in [4.69, 9.17) is 11.6 Å². The molecule has 3 fully saturated rings. The third-order valence-corrected chi connectivity index (χ3v) is 10.7. The number of carbonyl (C=O) groups is 4. The smallest absolute Gasteiger partial charge is 0.260 e. The second-order valence-corrected chi connectivity index (χ2v) is 13.3. The van der Waals surface area contributed by atoms with Gasteiger partial charge in [0.1, 0.15) is 11.6 Å². The van der Waals surface area contributed by atoms with E-state index < -0.39 is 52.6 Å². The highest BCUT2D eigenvalue weighted by molar-refractivity contribution is 9.10. The number of rotatable bonds is 5. The Hall–Kier alpha value is -4.02. The summed E-state index contributed by atoms with van der Waals surface area (Å²) in [7, 11) is 0. The standard InChI is InChI=1S/C34H28BrClFN3O5/c1-2-39-30(42)23-13-12-22-24(28(23)32(39)44)16-26-31(43)40(38-21-10-8-20(37)9-11-21)33(45)34(26,17-3-6-19(36)7-4-17)29(22)25-15-18(35)5-14-27(25)41/h3-12,14-15,23-24,26,28-29,38,41H,2,13,16H2,1H3/t23-,24+,26-,28-,29+,34+/m0/s1. The van der Waals surface area contributed by atoms with Crippen molar-refractivity contribution in [2.75, 3.05) is 12.0 Å². The zero-order valence-corrected chi connectivity index (χ0v) is 26.4. The minimum Gasteiger partial charge on any atom is -0.508 e. The Balaban J connectivity index is 1.48. The molecular formula is C34H28BrClFN3O5. The second-order valence-electron chi connectivity index (χ2n) is 12.0. The van der Waals surface area contributed by atoms with E-state index in [0.717, 1.165) is 10.6 Å². The van der Waals surface area contributed by atoms with Crippen molar-refractivity contribution in [3.8, 4) is 5.75 Å². The topological polar surface area (TPSA) is 107 Å². The number of hydrogen-bond donors (Lipinski definition) is 2. The molecule has 2 saturated heterocycles. The molecule has 7 rings (SSSR count). The molecule has 8 nitrogen and oxygen atoms in total. The maximum atomic E-state index is 15.0. The number of fused-ring (bicyclic) bond motifs is 4. The summed E-state index contributed by atoms with van der Waals surface area (Å²) in [5.41, 5.74) is 3.35. The normalized spacial score (nSPS) is 29.0. The number of halogens is 3. The summed E-state index contributed by atoms with van der Waals surface area (Å²) in [6.45, 7) is 2.00.